The quantitative estimate of drug-likeness (QED) is 0.860. The summed E-state index contributed by atoms with van der Waals surface area (Å²) in [6, 6.07) is 11.0. The number of nitrogens with zero attached hydrogens (tertiary/aromatic N) is 1. The van der Waals surface area contributed by atoms with Crippen molar-refractivity contribution in [3.63, 3.8) is 0 Å². The number of hydrogen-bond donors (Lipinski definition) is 1. The molecular weight excluding hydrogens is 290 g/mol. The van der Waals surface area contributed by atoms with Crippen LogP contribution in [0, 0.1) is 11.6 Å². The van der Waals surface area contributed by atoms with Gasteiger partial charge in [0.2, 0.25) is 0 Å². The topological polar surface area (TPSA) is 29.3 Å². The van der Waals surface area contributed by atoms with Crippen LogP contribution >= 0.6 is 12.2 Å². The maximum atomic E-state index is 13.6. The van der Waals surface area contributed by atoms with E-state index in [2.05, 4.69) is 0 Å². The highest BCUT2D eigenvalue weighted by molar-refractivity contribution is 7.80. The summed E-state index contributed by atoms with van der Waals surface area (Å²) >= 11 is 4.95. The molecule has 0 bridgehead atoms. The third-order valence-electron chi connectivity index (χ3n) is 3.18. The first-order valence-electron chi connectivity index (χ1n) is 6.47. The van der Waals surface area contributed by atoms with Crippen LogP contribution in [0.3, 0.4) is 0 Å². The lowest BCUT2D eigenvalue weighted by Crippen LogP contribution is -2.21. The molecule has 0 heterocycles. The lowest BCUT2D eigenvalue weighted by Gasteiger charge is -2.19. The van der Waals surface area contributed by atoms with Gasteiger partial charge in [-0.15, -0.1) is 0 Å². The summed E-state index contributed by atoms with van der Waals surface area (Å²) in [5.74, 6) is -0.615. The van der Waals surface area contributed by atoms with E-state index >= 15 is 0 Å². The Morgan fingerprint density at radius 3 is 2.43 bits per heavy atom. The molecule has 0 spiro atoms. The molecule has 2 N–H and O–H groups in total. The van der Waals surface area contributed by atoms with Crippen LogP contribution in [0.4, 0.5) is 8.78 Å². The number of halogens is 2. The molecule has 0 unspecified atom stereocenters. The molecular formula is C16H16F2N2S. The molecule has 0 fully saturated rings. The molecule has 0 amide bonds. The van der Waals surface area contributed by atoms with Crippen molar-refractivity contribution in [2.24, 2.45) is 5.73 Å². The van der Waals surface area contributed by atoms with Crippen LogP contribution in [0.1, 0.15) is 16.7 Å². The third-order valence-corrected chi connectivity index (χ3v) is 3.40. The summed E-state index contributed by atoms with van der Waals surface area (Å²) in [4.78, 5) is 2.08. The Morgan fingerprint density at radius 1 is 1.10 bits per heavy atom. The minimum absolute atomic E-state index is 0.156. The number of thiocarbonyl (C=S) groups is 1. The van der Waals surface area contributed by atoms with Gasteiger partial charge in [0.25, 0.3) is 0 Å². The van der Waals surface area contributed by atoms with Crippen molar-refractivity contribution in [3.05, 3.63) is 70.8 Å². The zero-order chi connectivity index (χ0) is 15.4. The van der Waals surface area contributed by atoms with Crippen molar-refractivity contribution >= 4 is 17.2 Å². The molecule has 110 valence electrons. The first-order valence-corrected chi connectivity index (χ1v) is 6.88. The van der Waals surface area contributed by atoms with Gasteiger partial charge in [-0.2, -0.15) is 0 Å². The fourth-order valence-corrected chi connectivity index (χ4v) is 2.37. The van der Waals surface area contributed by atoms with Crippen molar-refractivity contribution < 1.29 is 8.78 Å². The van der Waals surface area contributed by atoms with E-state index < -0.39 is 0 Å². The van der Waals surface area contributed by atoms with Crippen molar-refractivity contribution in [3.8, 4) is 0 Å². The first kappa shape index (κ1) is 15.5. The number of hydrogen-bond acceptors (Lipinski definition) is 2. The summed E-state index contributed by atoms with van der Waals surface area (Å²) in [6.45, 7) is 0.947. The van der Waals surface area contributed by atoms with Crippen molar-refractivity contribution in [2.45, 2.75) is 13.1 Å². The molecule has 0 aromatic heterocycles. The Bertz CT molecular complexity index is 658. The van der Waals surface area contributed by atoms with Gasteiger partial charge in [0.1, 0.15) is 16.6 Å². The maximum absolute atomic E-state index is 13.6. The van der Waals surface area contributed by atoms with E-state index in [1.54, 1.807) is 24.3 Å². The fraction of sp³-hybridized carbons (Fsp3) is 0.188. The minimum Gasteiger partial charge on any atom is -0.389 e. The smallest absolute Gasteiger partial charge is 0.127 e. The molecule has 0 saturated heterocycles. The Balaban J connectivity index is 2.15. The SMILES string of the molecule is CN(Cc1ccccc1F)Cc1ccc(F)cc1C(N)=S. The van der Waals surface area contributed by atoms with Gasteiger partial charge in [-0.1, -0.05) is 36.5 Å². The summed E-state index contributed by atoms with van der Waals surface area (Å²) < 4.78 is 26.9. The highest BCUT2D eigenvalue weighted by atomic mass is 32.1. The molecule has 0 aliphatic carbocycles. The molecule has 2 rings (SSSR count). The normalized spacial score (nSPS) is 10.9. The average molecular weight is 306 g/mol. The molecule has 0 saturated carbocycles. The Morgan fingerprint density at radius 2 is 1.76 bits per heavy atom. The lowest BCUT2D eigenvalue weighted by molar-refractivity contribution is 0.313. The van der Waals surface area contributed by atoms with Gasteiger partial charge in [-0.05, 0) is 30.8 Å². The van der Waals surface area contributed by atoms with Gasteiger partial charge in [0.05, 0.1) is 0 Å². The second-order valence-electron chi connectivity index (χ2n) is 4.93. The summed E-state index contributed by atoms with van der Waals surface area (Å²) in [6.07, 6.45) is 0. The molecule has 0 aliphatic heterocycles. The fourth-order valence-electron chi connectivity index (χ4n) is 2.18. The Kier molecular flexibility index (Phi) is 4.98. The maximum Gasteiger partial charge on any atom is 0.127 e. The molecule has 0 atom stereocenters. The molecule has 2 aromatic rings. The van der Waals surface area contributed by atoms with Gasteiger partial charge in [0, 0.05) is 24.2 Å². The van der Waals surface area contributed by atoms with E-state index in [0.29, 0.717) is 24.2 Å². The number of nitrogens with two attached hydrogens (primary N) is 1. The number of rotatable bonds is 5. The molecule has 0 radical (unpaired) electrons. The van der Waals surface area contributed by atoms with Crippen molar-refractivity contribution in [1.29, 1.82) is 0 Å². The summed E-state index contributed by atoms with van der Waals surface area (Å²) in [7, 11) is 1.86. The van der Waals surface area contributed by atoms with E-state index in [-0.39, 0.29) is 16.6 Å². The third kappa shape index (κ3) is 4.06. The Hall–Kier alpha value is -1.85. The zero-order valence-corrected chi connectivity index (χ0v) is 12.5. The average Bonchev–Trinajstić information content (AvgIpc) is 2.43. The molecule has 5 heteroatoms. The minimum atomic E-state index is -0.377. The van der Waals surface area contributed by atoms with Crippen LogP contribution in [0.15, 0.2) is 42.5 Å². The van der Waals surface area contributed by atoms with Gasteiger partial charge in [-0.3, -0.25) is 4.90 Å². The van der Waals surface area contributed by atoms with Crippen LogP contribution in [0.25, 0.3) is 0 Å². The molecule has 21 heavy (non-hydrogen) atoms. The van der Waals surface area contributed by atoms with Crippen LogP contribution in [0.5, 0.6) is 0 Å². The van der Waals surface area contributed by atoms with E-state index in [1.807, 2.05) is 11.9 Å². The molecule has 2 aromatic carbocycles. The summed E-state index contributed by atoms with van der Waals surface area (Å²) in [5, 5.41) is 0. The predicted molar refractivity (Wildman–Crippen MR) is 83.9 cm³/mol. The lowest BCUT2D eigenvalue weighted by atomic mass is 10.1. The highest BCUT2D eigenvalue weighted by Gasteiger charge is 2.11. The van der Waals surface area contributed by atoms with E-state index in [9.17, 15) is 8.78 Å². The van der Waals surface area contributed by atoms with Crippen LogP contribution in [0.2, 0.25) is 0 Å². The zero-order valence-electron chi connectivity index (χ0n) is 11.6. The largest absolute Gasteiger partial charge is 0.389 e. The highest BCUT2D eigenvalue weighted by Crippen LogP contribution is 2.16. The van der Waals surface area contributed by atoms with Gasteiger partial charge in [0.15, 0.2) is 0 Å². The van der Waals surface area contributed by atoms with E-state index in [0.717, 1.165) is 5.56 Å². The van der Waals surface area contributed by atoms with Crippen LogP contribution in [-0.2, 0) is 13.1 Å². The Labute approximate surface area is 128 Å². The standard InChI is InChI=1S/C16H16F2N2S/c1-20(10-12-4-2-3-5-15(12)18)9-11-6-7-13(17)8-14(11)16(19)21/h2-8H,9-10H2,1H3,(H2,19,21). The monoisotopic (exact) mass is 306 g/mol. The second-order valence-corrected chi connectivity index (χ2v) is 5.37. The van der Waals surface area contributed by atoms with Crippen LogP contribution < -0.4 is 5.73 Å². The van der Waals surface area contributed by atoms with Gasteiger partial charge < -0.3 is 5.73 Å². The van der Waals surface area contributed by atoms with E-state index in [1.165, 1.54) is 18.2 Å². The molecule has 2 nitrogen and oxygen atoms in total. The van der Waals surface area contributed by atoms with E-state index in [4.69, 9.17) is 18.0 Å². The summed E-state index contributed by atoms with van der Waals surface area (Å²) in [5.41, 5.74) is 7.57. The second kappa shape index (κ2) is 6.74. The van der Waals surface area contributed by atoms with Gasteiger partial charge >= 0.3 is 0 Å². The van der Waals surface area contributed by atoms with Crippen LogP contribution in [-0.4, -0.2) is 16.9 Å². The van der Waals surface area contributed by atoms with Crippen molar-refractivity contribution in [2.75, 3.05) is 7.05 Å². The van der Waals surface area contributed by atoms with Crippen molar-refractivity contribution in [1.82, 2.24) is 4.90 Å². The number of benzene rings is 2. The molecule has 0 aliphatic rings. The first-order chi connectivity index (χ1) is 9.97. The van der Waals surface area contributed by atoms with Gasteiger partial charge in [-0.25, -0.2) is 8.78 Å². The predicted octanol–water partition coefficient (Wildman–Crippen LogP) is 3.23.